The van der Waals surface area contributed by atoms with Crippen LogP contribution in [0, 0.1) is 11.3 Å². The number of nitriles is 1. The molecule has 0 spiro atoms. The average Bonchev–Trinajstić information content (AvgIpc) is 2.84. The zero-order valence-electron chi connectivity index (χ0n) is 18.2. The van der Waals surface area contributed by atoms with Crippen LogP contribution < -0.4 is 20.3 Å². The summed E-state index contributed by atoms with van der Waals surface area (Å²) in [5, 5.41) is 16.0. The van der Waals surface area contributed by atoms with Crippen molar-refractivity contribution in [1.29, 1.82) is 5.26 Å². The van der Waals surface area contributed by atoms with Gasteiger partial charge in [-0.3, -0.25) is 9.69 Å². The van der Waals surface area contributed by atoms with E-state index in [0.717, 1.165) is 11.3 Å². The maximum atomic E-state index is 13.6. The number of para-hydroxylation sites is 3. The number of benzene rings is 3. The van der Waals surface area contributed by atoms with Crippen LogP contribution in [0.2, 0.25) is 0 Å². The molecule has 1 amide bonds. The lowest BCUT2D eigenvalue weighted by Gasteiger charge is -2.38. The van der Waals surface area contributed by atoms with Gasteiger partial charge < -0.3 is 15.4 Å². The van der Waals surface area contributed by atoms with Crippen LogP contribution in [0.5, 0.6) is 5.75 Å². The summed E-state index contributed by atoms with van der Waals surface area (Å²) < 4.78 is 5.40. The van der Waals surface area contributed by atoms with Crippen LogP contribution in [-0.2, 0) is 4.79 Å². The van der Waals surface area contributed by atoms with Crippen molar-refractivity contribution in [3.05, 3.63) is 101 Å². The molecule has 0 unspecified atom stereocenters. The molecular weight excluding hydrogens is 432 g/mol. The van der Waals surface area contributed by atoms with Crippen molar-refractivity contribution in [3.8, 4) is 11.8 Å². The quantitative estimate of drug-likeness (QED) is 0.533. The number of amides is 1. The second-order valence-electron chi connectivity index (χ2n) is 7.44. The number of nitrogens with zero attached hydrogens (tertiary/aromatic N) is 2. The molecule has 3 aromatic rings. The fourth-order valence-electron chi connectivity index (χ4n) is 3.86. The Labute approximate surface area is 198 Å². The van der Waals surface area contributed by atoms with Crippen molar-refractivity contribution in [1.82, 2.24) is 5.32 Å². The number of thiocarbonyl (C=S) groups is 1. The number of methoxy groups -OCH3 is 1. The van der Waals surface area contributed by atoms with E-state index in [2.05, 4.69) is 16.7 Å². The maximum absolute atomic E-state index is 13.6. The Morgan fingerprint density at radius 2 is 1.73 bits per heavy atom. The summed E-state index contributed by atoms with van der Waals surface area (Å²) in [6.07, 6.45) is 0. The van der Waals surface area contributed by atoms with Gasteiger partial charge in [-0.05, 0) is 61.1 Å². The van der Waals surface area contributed by atoms with Gasteiger partial charge in [-0.15, -0.1) is 0 Å². The number of anilines is 2. The molecule has 164 valence electrons. The molecule has 33 heavy (non-hydrogen) atoms. The molecule has 0 radical (unpaired) electrons. The monoisotopic (exact) mass is 454 g/mol. The Balaban J connectivity index is 1.81. The number of carbonyl (C=O) groups is 1. The van der Waals surface area contributed by atoms with Crippen molar-refractivity contribution in [3.63, 3.8) is 0 Å². The Kier molecular flexibility index (Phi) is 6.38. The lowest BCUT2D eigenvalue weighted by atomic mass is 9.93. The first kappa shape index (κ1) is 22.1. The lowest BCUT2D eigenvalue weighted by molar-refractivity contribution is -0.113. The van der Waals surface area contributed by atoms with E-state index in [1.54, 1.807) is 31.4 Å². The molecule has 2 N–H and O–H groups in total. The third-order valence-electron chi connectivity index (χ3n) is 5.47. The molecule has 0 saturated heterocycles. The summed E-state index contributed by atoms with van der Waals surface area (Å²) in [4.78, 5) is 15.5. The molecule has 0 aliphatic carbocycles. The molecule has 0 bridgehead atoms. The minimum Gasteiger partial charge on any atom is -0.495 e. The lowest BCUT2D eigenvalue weighted by Crippen LogP contribution is -2.48. The van der Waals surface area contributed by atoms with Gasteiger partial charge in [-0.1, -0.05) is 42.5 Å². The molecule has 4 rings (SSSR count). The Hall–Kier alpha value is -4.15. The second kappa shape index (κ2) is 9.55. The van der Waals surface area contributed by atoms with E-state index in [1.807, 2.05) is 66.4 Å². The number of allylic oxidation sites excluding steroid dienone is 1. The van der Waals surface area contributed by atoms with Crippen molar-refractivity contribution < 1.29 is 9.53 Å². The van der Waals surface area contributed by atoms with Crippen molar-refractivity contribution in [2.45, 2.75) is 13.0 Å². The highest BCUT2D eigenvalue weighted by atomic mass is 32.1. The molecule has 0 fully saturated rings. The molecule has 7 heteroatoms. The Morgan fingerprint density at radius 3 is 2.39 bits per heavy atom. The number of carbonyl (C=O) groups excluding carboxylic acids is 1. The van der Waals surface area contributed by atoms with Gasteiger partial charge in [0.15, 0.2) is 5.11 Å². The van der Waals surface area contributed by atoms with Gasteiger partial charge >= 0.3 is 0 Å². The van der Waals surface area contributed by atoms with Crippen molar-refractivity contribution >= 4 is 34.6 Å². The molecule has 1 aliphatic rings. The summed E-state index contributed by atoms with van der Waals surface area (Å²) in [5.41, 5.74) is 4.03. The molecule has 0 saturated carbocycles. The topological polar surface area (TPSA) is 77.4 Å². The van der Waals surface area contributed by atoms with Gasteiger partial charge in [0.05, 0.1) is 36.0 Å². The smallest absolute Gasteiger partial charge is 0.255 e. The number of rotatable bonds is 5. The average molecular weight is 455 g/mol. The standard InChI is InChI=1S/C26H22N4O2S/c1-17-23(25(31)28-21-10-6-7-11-22(21)32-2)24(19-14-12-18(16-27)13-15-19)29-26(33)30(17)20-8-4-3-5-9-20/h3-15,24H,1-2H3,(H,28,31)(H,29,33)/t24-/m1/s1. The number of hydrogen-bond donors (Lipinski definition) is 2. The highest BCUT2D eigenvalue weighted by Gasteiger charge is 2.34. The minimum atomic E-state index is -0.486. The zero-order valence-corrected chi connectivity index (χ0v) is 19.0. The van der Waals surface area contributed by atoms with Crippen LogP contribution in [-0.4, -0.2) is 18.1 Å². The van der Waals surface area contributed by atoms with E-state index in [9.17, 15) is 4.79 Å². The summed E-state index contributed by atoms with van der Waals surface area (Å²) in [7, 11) is 1.56. The van der Waals surface area contributed by atoms with Crippen molar-refractivity contribution in [2.24, 2.45) is 0 Å². The molecule has 6 nitrogen and oxygen atoms in total. The van der Waals surface area contributed by atoms with E-state index in [-0.39, 0.29) is 5.91 Å². The van der Waals surface area contributed by atoms with Gasteiger partial charge in [0, 0.05) is 11.4 Å². The second-order valence-corrected chi connectivity index (χ2v) is 7.83. The predicted molar refractivity (Wildman–Crippen MR) is 133 cm³/mol. The van der Waals surface area contributed by atoms with Gasteiger partial charge in [-0.25, -0.2) is 0 Å². The molecule has 0 aromatic heterocycles. The summed E-state index contributed by atoms with van der Waals surface area (Å²) in [6.45, 7) is 1.88. The molecule has 1 aliphatic heterocycles. The first-order valence-corrected chi connectivity index (χ1v) is 10.7. The summed E-state index contributed by atoms with van der Waals surface area (Å²) >= 11 is 5.70. The summed E-state index contributed by atoms with van der Waals surface area (Å²) in [5.74, 6) is 0.292. The van der Waals surface area contributed by atoms with Crippen LogP contribution in [0.25, 0.3) is 0 Å². The van der Waals surface area contributed by atoms with E-state index < -0.39 is 6.04 Å². The van der Waals surface area contributed by atoms with Crippen LogP contribution in [0.3, 0.4) is 0 Å². The highest BCUT2D eigenvalue weighted by molar-refractivity contribution is 7.80. The van der Waals surface area contributed by atoms with Gasteiger partial charge in [0.2, 0.25) is 0 Å². The van der Waals surface area contributed by atoms with E-state index in [1.165, 1.54) is 0 Å². The van der Waals surface area contributed by atoms with E-state index in [0.29, 0.717) is 33.4 Å². The first-order chi connectivity index (χ1) is 16.0. The Bertz CT molecular complexity index is 1260. The zero-order chi connectivity index (χ0) is 23.4. The van der Waals surface area contributed by atoms with Gasteiger partial charge in [-0.2, -0.15) is 5.26 Å². The largest absolute Gasteiger partial charge is 0.495 e. The molecule has 1 heterocycles. The maximum Gasteiger partial charge on any atom is 0.255 e. The number of nitrogens with one attached hydrogen (secondary N) is 2. The predicted octanol–water partition coefficient (Wildman–Crippen LogP) is 4.92. The van der Waals surface area contributed by atoms with Crippen LogP contribution in [0.15, 0.2) is 90.1 Å². The van der Waals surface area contributed by atoms with Crippen LogP contribution in [0.1, 0.15) is 24.1 Å². The Morgan fingerprint density at radius 1 is 1.06 bits per heavy atom. The van der Waals surface area contributed by atoms with Crippen molar-refractivity contribution in [2.75, 3.05) is 17.3 Å². The molecule has 3 aromatic carbocycles. The van der Waals surface area contributed by atoms with E-state index >= 15 is 0 Å². The third kappa shape index (κ3) is 4.43. The number of ether oxygens (including phenoxy) is 1. The number of hydrogen-bond acceptors (Lipinski definition) is 4. The minimum absolute atomic E-state index is 0.276. The molecule has 1 atom stereocenters. The first-order valence-electron chi connectivity index (χ1n) is 10.3. The van der Waals surface area contributed by atoms with Gasteiger partial charge in [0.25, 0.3) is 5.91 Å². The van der Waals surface area contributed by atoms with Crippen LogP contribution >= 0.6 is 12.2 Å². The van der Waals surface area contributed by atoms with Crippen LogP contribution in [0.4, 0.5) is 11.4 Å². The van der Waals surface area contributed by atoms with E-state index in [4.69, 9.17) is 22.2 Å². The van der Waals surface area contributed by atoms with Gasteiger partial charge in [0.1, 0.15) is 5.75 Å². The summed E-state index contributed by atoms with van der Waals surface area (Å²) in [6, 6.07) is 25.7. The SMILES string of the molecule is COc1ccccc1NC(=O)C1=C(C)N(c2ccccc2)C(=S)N[C@@H]1c1ccc(C#N)cc1. The third-order valence-corrected chi connectivity index (χ3v) is 5.77. The highest BCUT2D eigenvalue weighted by Crippen LogP contribution is 2.35. The molecular formula is C26H22N4O2S. The normalized spacial score (nSPS) is 15.5. The fourth-order valence-corrected chi connectivity index (χ4v) is 4.22. The fraction of sp³-hybridized carbons (Fsp3) is 0.115.